The van der Waals surface area contributed by atoms with E-state index in [-0.39, 0.29) is 18.2 Å². The second-order valence-corrected chi connectivity index (χ2v) is 6.24. The molecular weight excluding hydrogens is 340 g/mol. The van der Waals surface area contributed by atoms with Crippen LogP contribution in [0.1, 0.15) is 22.3 Å². The molecular formula is C21H16N4O2. The molecule has 2 amide bonds. The third kappa shape index (κ3) is 3.00. The Bertz CT molecular complexity index is 1100. The third-order valence-electron chi connectivity index (χ3n) is 4.54. The number of rotatable bonds is 4. The molecule has 27 heavy (non-hydrogen) atoms. The number of amides is 2. The van der Waals surface area contributed by atoms with Crippen molar-refractivity contribution in [1.29, 1.82) is 5.26 Å². The van der Waals surface area contributed by atoms with Gasteiger partial charge in [0.1, 0.15) is 5.82 Å². The van der Waals surface area contributed by atoms with Crippen molar-refractivity contribution in [3.8, 4) is 6.07 Å². The molecule has 0 saturated heterocycles. The van der Waals surface area contributed by atoms with Crippen LogP contribution >= 0.6 is 0 Å². The molecule has 0 spiro atoms. The molecule has 0 aliphatic carbocycles. The predicted molar refractivity (Wildman–Crippen MR) is 102 cm³/mol. The third-order valence-corrected chi connectivity index (χ3v) is 4.54. The van der Waals surface area contributed by atoms with Gasteiger partial charge >= 0.3 is 0 Å². The number of fused-ring (bicyclic) bond motifs is 2. The van der Waals surface area contributed by atoms with Crippen molar-refractivity contribution in [2.75, 3.05) is 11.4 Å². The number of pyridine rings is 1. The Morgan fingerprint density at radius 3 is 2.85 bits per heavy atom. The molecule has 132 valence electrons. The molecule has 0 radical (unpaired) electrons. The van der Waals surface area contributed by atoms with Crippen LogP contribution in [-0.2, 0) is 11.2 Å². The maximum atomic E-state index is 12.5. The van der Waals surface area contributed by atoms with Gasteiger partial charge in [-0.15, -0.1) is 0 Å². The summed E-state index contributed by atoms with van der Waals surface area (Å²) in [6.45, 7) is 0.302. The summed E-state index contributed by atoms with van der Waals surface area (Å²) >= 11 is 0. The lowest BCUT2D eigenvalue weighted by atomic mass is 10.1. The van der Waals surface area contributed by atoms with E-state index in [1.807, 2.05) is 42.5 Å². The minimum atomic E-state index is -0.243. The van der Waals surface area contributed by atoms with Crippen molar-refractivity contribution in [1.82, 2.24) is 10.3 Å². The number of anilines is 2. The second kappa shape index (κ2) is 6.89. The van der Waals surface area contributed by atoms with E-state index in [0.717, 1.165) is 11.3 Å². The zero-order chi connectivity index (χ0) is 18.8. The zero-order valence-corrected chi connectivity index (χ0v) is 14.5. The molecule has 1 aromatic heterocycles. The first-order chi connectivity index (χ1) is 13.2. The lowest BCUT2D eigenvalue weighted by molar-refractivity contribution is -0.116. The molecule has 0 saturated carbocycles. The van der Waals surface area contributed by atoms with Crippen LogP contribution in [0, 0.1) is 11.3 Å². The summed E-state index contributed by atoms with van der Waals surface area (Å²) in [5.74, 6) is 0.279. The maximum absolute atomic E-state index is 12.5. The van der Waals surface area contributed by atoms with Gasteiger partial charge in [0.05, 0.1) is 30.1 Å². The molecule has 0 atom stereocenters. The van der Waals surface area contributed by atoms with Gasteiger partial charge in [-0.3, -0.25) is 14.5 Å². The van der Waals surface area contributed by atoms with Gasteiger partial charge in [-0.2, -0.15) is 5.26 Å². The van der Waals surface area contributed by atoms with Crippen LogP contribution in [0.4, 0.5) is 11.5 Å². The normalized spacial score (nSPS) is 12.7. The van der Waals surface area contributed by atoms with Crippen molar-refractivity contribution in [3.05, 3.63) is 65.7 Å². The van der Waals surface area contributed by atoms with E-state index in [4.69, 9.17) is 5.26 Å². The Labute approximate surface area is 156 Å². The fourth-order valence-corrected chi connectivity index (χ4v) is 3.30. The van der Waals surface area contributed by atoms with E-state index in [1.54, 1.807) is 23.1 Å². The zero-order valence-electron chi connectivity index (χ0n) is 14.5. The van der Waals surface area contributed by atoms with Gasteiger partial charge in [-0.1, -0.05) is 24.3 Å². The van der Waals surface area contributed by atoms with Crippen molar-refractivity contribution < 1.29 is 9.59 Å². The molecule has 2 heterocycles. The first-order valence-corrected chi connectivity index (χ1v) is 8.65. The van der Waals surface area contributed by atoms with Gasteiger partial charge < -0.3 is 5.32 Å². The van der Waals surface area contributed by atoms with E-state index < -0.39 is 0 Å². The number of carbonyl (C=O) groups is 2. The van der Waals surface area contributed by atoms with Gasteiger partial charge in [-0.05, 0) is 35.9 Å². The Morgan fingerprint density at radius 1 is 1.15 bits per heavy atom. The smallest absolute Gasteiger partial charge is 0.252 e. The van der Waals surface area contributed by atoms with Crippen LogP contribution in [0.15, 0.2) is 54.6 Å². The number of aromatic nitrogens is 1. The highest BCUT2D eigenvalue weighted by atomic mass is 16.2. The summed E-state index contributed by atoms with van der Waals surface area (Å²) in [6.07, 6.45) is 0.618. The number of nitriles is 1. The van der Waals surface area contributed by atoms with Crippen molar-refractivity contribution >= 4 is 34.2 Å². The second-order valence-electron chi connectivity index (χ2n) is 6.24. The molecule has 0 bridgehead atoms. The summed E-state index contributed by atoms with van der Waals surface area (Å²) in [6, 6.07) is 18.5. The topological polar surface area (TPSA) is 86.1 Å². The standard InChI is InChI=1S/C21H16N4O2/c22-11-4-12-23-21(27)16-6-3-7-17-15(16)9-10-19(24-17)25-18-8-2-1-5-14(18)13-20(25)26/h1-3,5-10H,4,12-13H2,(H,23,27). The highest BCUT2D eigenvalue weighted by Crippen LogP contribution is 2.35. The highest BCUT2D eigenvalue weighted by Gasteiger charge is 2.29. The monoisotopic (exact) mass is 356 g/mol. The molecule has 1 N–H and O–H groups in total. The minimum absolute atomic E-state index is 0.0200. The summed E-state index contributed by atoms with van der Waals surface area (Å²) in [5.41, 5.74) is 2.96. The van der Waals surface area contributed by atoms with Crippen LogP contribution in [0.5, 0.6) is 0 Å². The van der Waals surface area contributed by atoms with Crippen LogP contribution in [0.25, 0.3) is 10.9 Å². The average molecular weight is 356 g/mol. The first-order valence-electron chi connectivity index (χ1n) is 8.65. The van der Waals surface area contributed by atoms with Gasteiger partial charge in [-0.25, -0.2) is 4.98 Å². The number of para-hydroxylation sites is 1. The average Bonchev–Trinajstić information content (AvgIpc) is 3.02. The fourth-order valence-electron chi connectivity index (χ4n) is 3.30. The molecule has 1 aliphatic heterocycles. The number of benzene rings is 2. The Hall–Kier alpha value is -3.72. The van der Waals surface area contributed by atoms with Crippen LogP contribution in [0.3, 0.4) is 0 Å². The Morgan fingerprint density at radius 2 is 2.00 bits per heavy atom. The number of nitrogens with zero attached hydrogens (tertiary/aromatic N) is 3. The number of hydrogen-bond donors (Lipinski definition) is 1. The molecule has 6 heteroatoms. The number of carbonyl (C=O) groups excluding carboxylic acids is 2. The quantitative estimate of drug-likeness (QED) is 0.728. The fraction of sp³-hybridized carbons (Fsp3) is 0.143. The van der Waals surface area contributed by atoms with Gasteiger partial charge in [0.2, 0.25) is 5.91 Å². The minimum Gasteiger partial charge on any atom is -0.351 e. The van der Waals surface area contributed by atoms with Crippen molar-refractivity contribution in [2.24, 2.45) is 0 Å². The lowest BCUT2D eigenvalue weighted by Crippen LogP contribution is -2.24. The molecule has 1 aliphatic rings. The molecule has 6 nitrogen and oxygen atoms in total. The molecule has 4 rings (SSSR count). The number of nitrogens with one attached hydrogen (secondary N) is 1. The van der Waals surface area contributed by atoms with Crippen LogP contribution in [0.2, 0.25) is 0 Å². The summed E-state index contributed by atoms with van der Waals surface area (Å²) in [7, 11) is 0. The lowest BCUT2D eigenvalue weighted by Gasteiger charge is -2.17. The predicted octanol–water partition coefficient (Wildman–Crippen LogP) is 3.10. The molecule has 3 aromatic rings. The Balaban J connectivity index is 1.71. The largest absolute Gasteiger partial charge is 0.351 e. The first kappa shape index (κ1) is 16.7. The SMILES string of the molecule is N#CCCNC(=O)c1cccc2nc(N3C(=O)Cc4ccccc43)ccc12. The van der Waals surface area contributed by atoms with E-state index in [1.165, 1.54) is 0 Å². The summed E-state index contributed by atoms with van der Waals surface area (Å²) < 4.78 is 0. The summed E-state index contributed by atoms with van der Waals surface area (Å²) in [4.78, 5) is 31.1. The molecule has 0 unspecified atom stereocenters. The van der Waals surface area contributed by atoms with Gasteiger partial charge in [0.15, 0.2) is 0 Å². The van der Waals surface area contributed by atoms with Crippen molar-refractivity contribution in [3.63, 3.8) is 0 Å². The van der Waals surface area contributed by atoms with Crippen molar-refractivity contribution in [2.45, 2.75) is 12.8 Å². The number of hydrogen-bond acceptors (Lipinski definition) is 4. The highest BCUT2D eigenvalue weighted by molar-refractivity contribution is 6.09. The van der Waals surface area contributed by atoms with Gasteiger partial charge in [0, 0.05) is 17.5 Å². The van der Waals surface area contributed by atoms with Crippen LogP contribution in [-0.4, -0.2) is 23.3 Å². The maximum Gasteiger partial charge on any atom is 0.252 e. The van der Waals surface area contributed by atoms with Gasteiger partial charge in [0.25, 0.3) is 5.91 Å². The van der Waals surface area contributed by atoms with E-state index >= 15 is 0 Å². The molecule has 0 fully saturated rings. The summed E-state index contributed by atoms with van der Waals surface area (Å²) in [5, 5.41) is 12.0. The van der Waals surface area contributed by atoms with E-state index in [9.17, 15) is 9.59 Å². The Kier molecular flexibility index (Phi) is 4.27. The molecule has 2 aromatic carbocycles. The van der Waals surface area contributed by atoms with E-state index in [2.05, 4.69) is 10.3 Å². The van der Waals surface area contributed by atoms with E-state index in [0.29, 0.717) is 35.2 Å². The van der Waals surface area contributed by atoms with Crippen LogP contribution < -0.4 is 10.2 Å².